The number of carbonyl (C=O) groups excluding carboxylic acids is 1. The maximum Gasteiger partial charge on any atom is 0.450 e. The van der Waals surface area contributed by atoms with Crippen molar-refractivity contribution in [2.45, 2.75) is 18.5 Å². The van der Waals surface area contributed by atoms with Gasteiger partial charge in [0.1, 0.15) is 5.75 Å². The van der Waals surface area contributed by atoms with Crippen LogP contribution in [0.5, 0.6) is 5.75 Å². The molecule has 0 saturated heterocycles. The lowest BCUT2D eigenvalue weighted by Crippen LogP contribution is -2.15. The van der Waals surface area contributed by atoms with Crippen LogP contribution >= 0.6 is 0 Å². The molecule has 3 aromatic carbocycles. The fourth-order valence-corrected chi connectivity index (χ4v) is 4.12. The Morgan fingerprint density at radius 2 is 1.79 bits per heavy atom. The normalized spacial score (nSPS) is 17.7. The molecule has 1 aliphatic rings. The largest absolute Gasteiger partial charge is 0.497 e. The van der Waals surface area contributed by atoms with Gasteiger partial charge in [0.15, 0.2) is 0 Å². The third-order valence-electron chi connectivity index (χ3n) is 5.86. The van der Waals surface area contributed by atoms with Crippen LogP contribution < -0.4 is 10.1 Å². The molecule has 4 aromatic rings. The molecule has 5 rings (SSSR count). The highest BCUT2D eigenvalue weighted by atomic mass is 19.4. The predicted octanol–water partition coefficient (Wildman–Crippen LogP) is 5.80. The van der Waals surface area contributed by atoms with Crippen LogP contribution in [-0.2, 0) is 11.0 Å². The average molecular weight is 451 g/mol. The molecule has 2 unspecified atom stereocenters. The number of anilines is 1. The van der Waals surface area contributed by atoms with Gasteiger partial charge in [-0.05, 0) is 54.3 Å². The fraction of sp³-hybridized carbons (Fsp3) is 0.200. The van der Waals surface area contributed by atoms with E-state index in [9.17, 15) is 18.0 Å². The van der Waals surface area contributed by atoms with E-state index in [1.54, 1.807) is 24.3 Å². The molecule has 1 N–H and O–H groups in total. The SMILES string of the molecule is COc1ccc2c(c1)nc(C(F)(F)F)n2-c1ccc(NC(=O)C2CC2c2ccccc2)cc1. The van der Waals surface area contributed by atoms with Crippen LogP contribution in [0, 0.1) is 5.92 Å². The van der Waals surface area contributed by atoms with Crippen LogP contribution in [0.25, 0.3) is 16.7 Å². The van der Waals surface area contributed by atoms with Gasteiger partial charge in [-0.3, -0.25) is 9.36 Å². The van der Waals surface area contributed by atoms with E-state index in [0.29, 0.717) is 22.6 Å². The molecular formula is C25H20F3N3O2. The monoisotopic (exact) mass is 451 g/mol. The molecular weight excluding hydrogens is 431 g/mol. The fourth-order valence-electron chi connectivity index (χ4n) is 4.12. The number of ether oxygens (including phenoxy) is 1. The van der Waals surface area contributed by atoms with E-state index >= 15 is 0 Å². The van der Waals surface area contributed by atoms with Crippen LogP contribution in [0.2, 0.25) is 0 Å². The molecule has 1 fully saturated rings. The molecule has 1 heterocycles. The molecule has 33 heavy (non-hydrogen) atoms. The number of hydrogen-bond donors (Lipinski definition) is 1. The number of benzene rings is 3. The van der Waals surface area contributed by atoms with Crippen molar-refractivity contribution >= 4 is 22.6 Å². The third-order valence-corrected chi connectivity index (χ3v) is 5.86. The van der Waals surface area contributed by atoms with Crippen molar-refractivity contribution in [3.8, 4) is 11.4 Å². The van der Waals surface area contributed by atoms with Crippen LogP contribution in [0.4, 0.5) is 18.9 Å². The lowest BCUT2D eigenvalue weighted by atomic mass is 10.1. The highest BCUT2D eigenvalue weighted by Crippen LogP contribution is 2.48. The Balaban J connectivity index is 1.39. The minimum Gasteiger partial charge on any atom is -0.497 e. The zero-order chi connectivity index (χ0) is 23.2. The number of nitrogens with zero attached hydrogens (tertiary/aromatic N) is 2. The van der Waals surface area contributed by atoms with Gasteiger partial charge in [-0.2, -0.15) is 13.2 Å². The minimum absolute atomic E-state index is 0.0900. The smallest absolute Gasteiger partial charge is 0.450 e. The molecule has 0 spiro atoms. The standard InChI is InChI=1S/C25H20F3N3O2/c1-33-18-11-12-22-21(13-18)30-24(25(26,27)28)31(22)17-9-7-16(8-10-17)29-23(32)20-14-19(20)15-5-3-2-4-6-15/h2-13,19-20H,14H2,1H3,(H,29,32). The Morgan fingerprint density at radius 3 is 2.45 bits per heavy atom. The molecule has 1 saturated carbocycles. The van der Waals surface area contributed by atoms with Gasteiger partial charge in [0.2, 0.25) is 11.7 Å². The molecule has 0 radical (unpaired) electrons. The molecule has 1 aromatic heterocycles. The second-order valence-electron chi connectivity index (χ2n) is 8.02. The van der Waals surface area contributed by atoms with Gasteiger partial charge in [0.25, 0.3) is 0 Å². The Kier molecular flexibility index (Phi) is 5.08. The Bertz CT molecular complexity index is 1310. The first-order valence-corrected chi connectivity index (χ1v) is 10.4. The quantitative estimate of drug-likeness (QED) is 0.418. The number of alkyl halides is 3. The van der Waals surface area contributed by atoms with Crippen molar-refractivity contribution in [2.75, 3.05) is 12.4 Å². The number of rotatable bonds is 5. The predicted molar refractivity (Wildman–Crippen MR) is 119 cm³/mol. The second-order valence-corrected chi connectivity index (χ2v) is 8.02. The van der Waals surface area contributed by atoms with Gasteiger partial charge in [-0.25, -0.2) is 4.98 Å². The number of imidazole rings is 1. The van der Waals surface area contributed by atoms with Crippen LogP contribution in [0.1, 0.15) is 23.7 Å². The van der Waals surface area contributed by atoms with Crippen LogP contribution in [0.3, 0.4) is 0 Å². The highest BCUT2D eigenvalue weighted by molar-refractivity contribution is 5.95. The number of nitrogens with one attached hydrogen (secondary N) is 1. The van der Waals surface area contributed by atoms with E-state index in [2.05, 4.69) is 10.3 Å². The zero-order valence-electron chi connectivity index (χ0n) is 17.6. The van der Waals surface area contributed by atoms with Crippen molar-refractivity contribution in [2.24, 2.45) is 5.92 Å². The number of carbonyl (C=O) groups is 1. The van der Waals surface area contributed by atoms with E-state index < -0.39 is 12.0 Å². The molecule has 0 aliphatic heterocycles. The summed E-state index contributed by atoms with van der Waals surface area (Å²) in [5.41, 5.74) is 2.45. The first-order chi connectivity index (χ1) is 15.8. The third kappa shape index (κ3) is 4.04. The van der Waals surface area contributed by atoms with Gasteiger partial charge in [0.05, 0.1) is 18.1 Å². The lowest BCUT2D eigenvalue weighted by molar-refractivity contribution is -0.145. The first-order valence-electron chi connectivity index (χ1n) is 10.4. The van der Waals surface area contributed by atoms with Crippen molar-refractivity contribution in [1.82, 2.24) is 9.55 Å². The summed E-state index contributed by atoms with van der Waals surface area (Å²) in [5.74, 6) is -0.586. The van der Waals surface area contributed by atoms with Crippen LogP contribution in [0.15, 0.2) is 72.8 Å². The summed E-state index contributed by atoms with van der Waals surface area (Å²) in [6.45, 7) is 0. The van der Waals surface area contributed by atoms with Crippen LogP contribution in [-0.4, -0.2) is 22.6 Å². The maximum absolute atomic E-state index is 13.7. The van der Waals surface area contributed by atoms with Gasteiger partial charge >= 0.3 is 6.18 Å². The molecule has 1 aliphatic carbocycles. The van der Waals surface area contributed by atoms with E-state index in [1.165, 1.54) is 25.3 Å². The Labute approximate surface area is 187 Å². The summed E-state index contributed by atoms with van der Waals surface area (Å²) in [6, 6.07) is 20.7. The molecule has 8 heteroatoms. The molecule has 1 amide bonds. The average Bonchev–Trinajstić information content (AvgIpc) is 3.52. The summed E-state index contributed by atoms with van der Waals surface area (Å²) in [5, 5.41) is 2.87. The second kappa shape index (κ2) is 7.95. The van der Waals surface area contributed by atoms with E-state index in [0.717, 1.165) is 16.6 Å². The van der Waals surface area contributed by atoms with E-state index in [-0.39, 0.29) is 23.3 Å². The van der Waals surface area contributed by atoms with Crippen molar-refractivity contribution in [3.63, 3.8) is 0 Å². The summed E-state index contributed by atoms with van der Waals surface area (Å²) in [7, 11) is 1.44. The number of halogens is 3. The Hall–Kier alpha value is -3.81. The number of amides is 1. The van der Waals surface area contributed by atoms with E-state index in [4.69, 9.17) is 4.74 Å². The number of methoxy groups -OCH3 is 1. The van der Waals surface area contributed by atoms with Gasteiger partial charge in [-0.1, -0.05) is 30.3 Å². The van der Waals surface area contributed by atoms with Crippen molar-refractivity contribution < 1.29 is 22.7 Å². The van der Waals surface area contributed by atoms with Gasteiger partial charge < -0.3 is 10.1 Å². The lowest BCUT2D eigenvalue weighted by Gasteiger charge is -2.12. The van der Waals surface area contributed by atoms with Crippen molar-refractivity contribution in [3.05, 3.63) is 84.2 Å². The summed E-state index contributed by atoms with van der Waals surface area (Å²) >= 11 is 0. The maximum atomic E-state index is 13.7. The number of fused-ring (bicyclic) bond motifs is 1. The molecule has 5 nitrogen and oxygen atoms in total. The zero-order valence-corrected chi connectivity index (χ0v) is 17.6. The topological polar surface area (TPSA) is 56.1 Å². The highest BCUT2D eigenvalue weighted by Gasteiger charge is 2.43. The first kappa shape index (κ1) is 21.1. The minimum atomic E-state index is -4.64. The van der Waals surface area contributed by atoms with Gasteiger partial charge in [-0.15, -0.1) is 0 Å². The van der Waals surface area contributed by atoms with E-state index in [1.807, 2.05) is 30.3 Å². The molecule has 0 bridgehead atoms. The van der Waals surface area contributed by atoms with Gasteiger partial charge in [0, 0.05) is 23.4 Å². The number of hydrogen-bond acceptors (Lipinski definition) is 3. The summed E-state index contributed by atoms with van der Waals surface area (Å²) in [6.07, 6.45) is -3.86. The van der Waals surface area contributed by atoms with Crippen molar-refractivity contribution in [1.29, 1.82) is 0 Å². The Morgan fingerprint density at radius 1 is 1.06 bits per heavy atom. The number of aromatic nitrogens is 2. The summed E-state index contributed by atoms with van der Waals surface area (Å²) in [4.78, 5) is 16.4. The summed E-state index contributed by atoms with van der Waals surface area (Å²) < 4.78 is 47.3. The molecule has 2 atom stereocenters. The molecule has 168 valence electrons.